The van der Waals surface area contributed by atoms with Gasteiger partial charge in [0.2, 0.25) is 0 Å². The first-order valence-electron chi connectivity index (χ1n) is 41.1. The minimum atomic E-state index is -0.491. The van der Waals surface area contributed by atoms with Crippen LogP contribution >= 0.6 is 15.9 Å². The quantitative estimate of drug-likeness (QED) is 0.142. The van der Waals surface area contributed by atoms with E-state index in [-0.39, 0.29) is 0 Å². The van der Waals surface area contributed by atoms with E-state index in [2.05, 4.69) is 453 Å². The number of aromatic nitrogens is 2. The Morgan fingerprint density at radius 3 is 1.03 bits per heavy atom. The fraction of sp³-hybridized carbons (Fsp3) is 0.0714. The van der Waals surface area contributed by atoms with Gasteiger partial charge in [0.05, 0.1) is 55.1 Å². The van der Waals surface area contributed by atoms with E-state index in [0.717, 1.165) is 9.94 Å². The van der Waals surface area contributed by atoms with E-state index >= 15 is 0 Å². The molecule has 5 heterocycles. The summed E-state index contributed by atoms with van der Waals surface area (Å²) < 4.78 is 19.1. The zero-order chi connectivity index (χ0) is 78.8. The van der Waals surface area contributed by atoms with Crippen molar-refractivity contribution in [1.29, 1.82) is 0 Å². The summed E-state index contributed by atoms with van der Waals surface area (Å²) >= 11 is 3.77. The van der Waals surface area contributed by atoms with Crippen LogP contribution in [0.25, 0.3) is 153 Å². The Labute approximate surface area is 694 Å². The maximum Gasteiger partial charge on any atom is 0.494 e. The number of rotatable bonds is 8. The van der Waals surface area contributed by atoms with Crippen molar-refractivity contribution in [3.05, 3.63) is 449 Å². The summed E-state index contributed by atoms with van der Waals surface area (Å²) in [5.41, 5.74) is 29.9. The Bertz CT molecular complexity index is 7650. The lowest BCUT2D eigenvalue weighted by Crippen LogP contribution is -2.41. The molecule has 0 spiro atoms. The van der Waals surface area contributed by atoms with Crippen LogP contribution in [0.2, 0.25) is 0 Å². The standard InChI is InChI=1S/C53H33N.C35H31BO2.C24H14BrN/c1-4-14-34(15-5-1)37-27-29-50-47(31-37)45-25-13-24-44-43-23-12-22-41(51(43)54(50)52(44)45)38-26-28-42-46-30-35-16-10-11-17-36(35)32-49(46)53(48(42)33-38,39-18-6-2-7-19-39)40-20-8-3-9-21-40;1-33(2)34(3,4)38-36(37-33)28-19-20-29-30-21-24-13-11-12-14-25(24)22-31(30)35(32(29)23-28,26-15-7-5-8-16-26)27-17-9-6-10-18-27;25-21-11-5-10-18-17-8-4-9-19-20-14-16(15-6-2-1-3-7-15)12-13-22(20)26(23(17)19)24(18)21/h1-33H;5-23H,1-4H3;1-14H. The molecule has 0 bridgehead atoms. The first kappa shape index (κ1) is 70.0. The smallest absolute Gasteiger partial charge is 0.399 e. The molecule has 0 saturated carbocycles. The lowest BCUT2D eigenvalue weighted by molar-refractivity contribution is 0.00578. The second-order valence-electron chi connectivity index (χ2n) is 33.2. The molecule has 0 unspecified atom stereocenters. The highest BCUT2D eigenvalue weighted by Gasteiger charge is 2.54. The molecule has 3 aliphatic rings. The van der Waals surface area contributed by atoms with Crippen LogP contribution < -0.4 is 5.46 Å². The number of hydrogen-bond donors (Lipinski definition) is 0. The van der Waals surface area contributed by atoms with Crippen molar-refractivity contribution in [3.8, 4) is 55.6 Å². The maximum absolute atomic E-state index is 6.51. The average molecular weight is 1570 g/mol. The molecule has 22 aromatic rings. The van der Waals surface area contributed by atoms with E-state index in [1.54, 1.807) is 0 Å². The van der Waals surface area contributed by atoms with Gasteiger partial charge in [-0.1, -0.05) is 340 Å². The summed E-state index contributed by atoms with van der Waals surface area (Å²) in [6.45, 7) is 8.44. The van der Waals surface area contributed by atoms with Gasteiger partial charge in [-0.15, -0.1) is 0 Å². The van der Waals surface area contributed by atoms with Crippen LogP contribution in [0.5, 0.6) is 0 Å². The van der Waals surface area contributed by atoms with Crippen molar-refractivity contribution < 1.29 is 9.31 Å². The van der Waals surface area contributed by atoms with Crippen LogP contribution in [0, 0.1) is 0 Å². The first-order chi connectivity index (χ1) is 57.9. The third-order valence-electron chi connectivity index (χ3n) is 26.5. The molecule has 6 heteroatoms. The number of benzene rings is 18. The largest absolute Gasteiger partial charge is 0.494 e. The molecule has 2 aliphatic carbocycles. The van der Waals surface area contributed by atoms with Gasteiger partial charge >= 0.3 is 7.12 Å². The molecule has 1 fully saturated rings. The van der Waals surface area contributed by atoms with Crippen LogP contribution in [0.15, 0.2) is 405 Å². The molecule has 4 aromatic heterocycles. The van der Waals surface area contributed by atoms with Gasteiger partial charge in [-0.2, -0.15) is 0 Å². The van der Waals surface area contributed by atoms with Crippen LogP contribution in [-0.2, 0) is 20.1 Å². The average Bonchev–Trinajstić information content (AvgIpc) is 1.48. The molecule has 0 atom stereocenters. The minimum Gasteiger partial charge on any atom is -0.399 e. The van der Waals surface area contributed by atoms with Crippen molar-refractivity contribution >= 4 is 126 Å². The van der Waals surface area contributed by atoms with Crippen LogP contribution in [-0.4, -0.2) is 27.1 Å². The van der Waals surface area contributed by atoms with Crippen molar-refractivity contribution in [3.63, 3.8) is 0 Å². The molecule has 558 valence electrons. The number of hydrogen-bond acceptors (Lipinski definition) is 2. The number of halogens is 1. The van der Waals surface area contributed by atoms with E-state index in [9.17, 15) is 0 Å². The SMILES string of the molecule is Brc1cccc2c3cccc4c5cc(-c6ccccc6)ccc5n(c12)c43.CC1(C)OB(c2ccc3c(c2)C(c2ccccc2)(c2ccccc2)c2cc4ccccc4cc2-3)OC1(C)C.c1ccc(-c2ccc3c(c2)c2cccc4c5cccc(-c6ccc7c(c6)C(c6ccccc6)(c6ccccc6)c6cc8ccccc8cc6-7)c5n3c24)cc1. The van der Waals surface area contributed by atoms with Crippen LogP contribution in [0.4, 0.5) is 0 Å². The number of para-hydroxylation sites is 4. The van der Waals surface area contributed by atoms with Gasteiger partial charge in [-0.25, -0.2) is 0 Å². The van der Waals surface area contributed by atoms with Crippen molar-refractivity contribution in [2.45, 2.75) is 49.7 Å². The highest BCUT2D eigenvalue weighted by molar-refractivity contribution is 9.10. The highest BCUT2D eigenvalue weighted by atomic mass is 79.9. The van der Waals surface area contributed by atoms with Gasteiger partial charge in [-0.05, 0) is 226 Å². The zero-order valence-corrected chi connectivity index (χ0v) is 67.4. The number of nitrogens with zero attached hydrogens (tertiary/aromatic N) is 2. The van der Waals surface area contributed by atoms with Gasteiger partial charge in [-0.3, -0.25) is 0 Å². The monoisotopic (exact) mass is 1570 g/mol. The Kier molecular flexibility index (Phi) is 15.9. The predicted octanol–water partition coefficient (Wildman–Crippen LogP) is 28.5. The van der Waals surface area contributed by atoms with E-state index in [4.69, 9.17) is 9.31 Å². The molecule has 1 aliphatic heterocycles. The molecular formula is C112H78BBrN2O2. The summed E-state index contributed by atoms with van der Waals surface area (Å²) in [6, 6.07) is 147. The summed E-state index contributed by atoms with van der Waals surface area (Å²) in [7, 11) is -0.419. The number of fused-ring (bicyclic) bond motifs is 20. The topological polar surface area (TPSA) is 27.3 Å². The molecule has 18 aromatic carbocycles. The Morgan fingerprint density at radius 1 is 0.237 bits per heavy atom. The van der Waals surface area contributed by atoms with Gasteiger partial charge in [0.25, 0.3) is 0 Å². The summed E-state index contributed by atoms with van der Waals surface area (Å²) in [5, 5.41) is 15.4. The van der Waals surface area contributed by atoms with Crippen LogP contribution in [0.1, 0.15) is 72.2 Å². The third-order valence-corrected chi connectivity index (χ3v) is 27.2. The highest BCUT2D eigenvalue weighted by Crippen LogP contribution is 2.60. The Morgan fingerprint density at radius 2 is 0.576 bits per heavy atom. The molecule has 0 N–H and O–H groups in total. The summed E-state index contributed by atoms with van der Waals surface area (Å²) in [4.78, 5) is 0. The molecule has 0 amide bonds. The van der Waals surface area contributed by atoms with E-state index < -0.39 is 29.2 Å². The van der Waals surface area contributed by atoms with E-state index in [1.165, 1.54) is 198 Å². The van der Waals surface area contributed by atoms with Crippen molar-refractivity contribution in [1.82, 2.24) is 8.80 Å². The van der Waals surface area contributed by atoms with Gasteiger partial charge in [0.15, 0.2) is 0 Å². The fourth-order valence-corrected chi connectivity index (χ4v) is 21.1. The third kappa shape index (κ3) is 10.4. The Hall–Kier alpha value is -13.5. The van der Waals surface area contributed by atoms with Gasteiger partial charge in [0.1, 0.15) is 0 Å². The lowest BCUT2D eigenvalue weighted by atomic mass is 9.66. The molecule has 25 rings (SSSR count). The minimum absolute atomic E-state index is 0.396. The van der Waals surface area contributed by atoms with E-state index in [0.29, 0.717) is 0 Å². The van der Waals surface area contributed by atoms with Crippen LogP contribution in [0.3, 0.4) is 0 Å². The van der Waals surface area contributed by atoms with Crippen molar-refractivity contribution in [2.24, 2.45) is 0 Å². The fourth-order valence-electron chi connectivity index (χ4n) is 20.5. The lowest BCUT2D eigenvalue weighted by Gasteiger charge is -2.34. The summed E-state index contributed by atoms with van der Waals surface area (Å²) in [5.74, 6) is 0. The molecule has 1 saturated heterocycles. The maximum atomic E-state index is 6.51. The van der Waals surface area contributed by atoms with Crippen molar-refractivity contribution in [2.75, 3.05) is 0 Å². The van der Waals surface area contributed by atoms with E-state index in [1.807, 2.05) is 0 Å². The Balaban J connectivity index is 0.000000111. The molecule has 4 nitrogen and oxygen atoms in total. The second-order valence-corrected chi connectivity index (χ2v) is 34.1. The normalized spacial score (nSPS) is 14.7. The predicted molar refractivity (Wildman–Crippen MR) is 498 cm³/mol. The summed E-state index contributed by atoms with van der Waals surface area (Å²) in [6.07, 6.45) is 0. The molecule has 0 radical (unpaired) electrons. The van der Waals surface area contributed by atoms with Gasteiger partial charge in [0, 0.05) is 53.1 Å². The molecular weight excluding hydrogens is 1500 g/mol. The van der Waals surface area contributed by atoms with Gasteiger partial charge < -0.3 is 18.1 Å². The zero-order valence-electron chi connectivity index (χ0n) is 65.8. The molecule has 118 heavy (non-hydrogen) atoms. The second kappa shape index (κ2) is 26.8. The first-order valence-corrected chi connectivity index (χ1v) is 41.8.